The number of nitrogens with zero attached hydrogens (tertiary/aromatic N) is 1. The van der Waals surface area contributed by atoms with Gasteiger partial charge in [0.05, 0.1) is 17.5 Å². The first-order chi connectivity index (χ1) is 13.8. The number of benzene rings is 2. The normalized spacial score (nSPS) is 11.2. The largest absolute Gasteiger partial charge is 0.309 e. The fourth-order valence-corrected chi connectivity index (χ4v) is 3.87. The van der Waals surface area contributed by atoms with Crippen LogP contribution < -0.4 is 5.56 Å². The van der Waals surface area contributed by atoms with Gasteiger partial charge < -0.3 is 4.98 Å². The molecule has 0 saturated heterocycles. The summed E-state index contributed by atoms with van der Waals surface area (Å²) >= 11 is 1.14. The second-order valence-corrected chi connectivity index (χ2v) is 7.24. The molecule has 4 rings (SSSR count). The Balaban J connectivity index is 1.69. The van der Waals surface area contributed by atoms with Gasteiger partial charge >= 0.3 is 0 Å². The van der Waals surface area contributed by atoms with Crippen LogP contribution in [0.2, 0.25) is 0 Å². The van der Waals surface area contributed by atoms with Crippen LogP contribution in [-0.4, -0.2) is 15.8 Å². The van der Waals surface area contributed by atoms with Gasteiger partial charge in [0, 0.05) is 17.0 Å². The average molecular weight is 418 g/mol. The summed E-state index contributed by atoms with van der Waals surface area (Å²) in [5.41, 5.74) is -0.439. The molecule has 146 valence electrons. The van der Waals surface area contributed by atoms with E-state index in [-0.39, 0.29) is 5.82 Å². The number of hydrogen-bond acceptors (Lipinski definition) is 4. The van der Waals surface area contributed by atoms with Crippen LogP contribution >= 0.6 is 11.3 Å². The van der Waals surface area contributed by atoms with Gasteiger partial charge in [-0.3, -0.25) is 9.59 Å². The lowest BCUT2D eigenvalue weighted by molar-refractivity contribution is 0.0982. The minimum absolute atomic E-state index is 0.0842. The minimum Gasteiger partial charge on any atom is -0.309 e. The van der Waals surface area contributed by atoms with E-state index < -0.39 is 46.6 Å². The van der Waals surface area contributed by atoms with Gasteiger partial charge in [0.2, 0.25) is 0 Å². The number of rotatable bonds is 4. The van der Waals surface area contributed by atoms with Gasteiger partial charge in [-0.2, -0.15) is 0 Å². The molecule has 1 N–H and O–H groups in total. The number of aromatic amines is 1. The molecule has 29 heavy (non-hydrogen) atoms. The van der Waals surface area contributed by atoms with Crippen LogP contribution in [0.5, 0.6) is 0 Å². The van der Waals surface area contributed by atoms with E-state index in [2.05, 4.69) is 9.97 Å². The van der Waals surface area contributed by atoms with Crippen molar-refractivity contribution in [2.24, 2.45) is 0 Å². The van der Waals surface area contributed by atoms with Crippen molar-refractivity contribution in [2.45, 2.75) is 6.42 Å². The summed E-state index contributed by atoms with van der Waals surface area (Å²) in [4.78, 5) is 31.9. The van der Waals surface area contributed by atoms with Crippen LogP contribution in [0, 0.1) is 23.3 Å². The van der Waals surface area contributed by atoms with E-state index in [1.807, 2.05) is 0 Å². The molecular weight excluding hydrogens is 408 g/mol. The highest BCUT2D eigenvalue weighted by atomic mass is 32.1. The van der Waals surface area contributed by atoms with Crippen molar-refractivity contribution in [3.05, 3.63) is 87.5 Å². The third-order valence-electron chi connectivity index (χ3n) is 4.17. The zero-order chi connectivity index (χ0) is 20.7. The average Bonchev–Trinajstić information content (AvgIpc) is 3.06. The van der Waals surface area contributed by atoms with Gasteiger partial charge in [0.15, 0.2) is 5.78 Å². The van der Waals surface area contributed by atoms with Crippen molar-refractivity contribution in [2.75, 3.05) is 0 Å². The maximum Gasteiger partial charge on any atom is 0.268 e. The Morgan fingerprint density at radius 2 is 1.62 bits per heavy atom. The monoisotopic (exact) mass is 418 g/mol. The van der Waals surface area contributed by atoms with Gasteiger partial charge in [0.25, 0.3) is 5.56 Å². The summed E-state index contributed by atoms with van der Waals surface area (Å²) in [6.45, 7) is 0. The lowest BCUT2D eigenvalue weighted by Gasteiger charge is -2.04. The van der Waals surface area contributed by atoms with Crippen LogP contribution in [0.4, 0.5) is 17.6 Å². The van der Waals surface area contributed by atoms with Crippen molar-refractivity contribution >= 4 is 27.3 Å². The Labute approximate surface area is 164 Å². The molecule has 2 aromatic carbocycles. The number of carbonyl (C=O) groups is 1. The quantitative estimate of drug-likeness (QED) is 0.388. The Bertz CT molecular complexity index is 1290. The summed E-state index contributed by atoms with van der Waals surface area (Å²) in [6, 6.07) is 8.10. The molecule has 0 aliphatic rings. The first-order valence-electron chi connectivity index (χ1n) is 8.28. The minimum atomic E-state index is -1.33. The molecule has 4 nitrogen and oxygen atoms in total. The maximum atomic E-state index is 13.8. The van der Waals surface area contributed by atoms with Crippen LogP contribution in [0.1, 0.15) is 16.2 Å². The number of fused-ring (bicyclic) bond motifs is 1. The summed E-state index contributed by atoms with van der Waals surface area (Å²) in [7, 11) is 0. The van der Waals surface area contributed by atoms with E-state index in [0.717, 1.165) is 11.3 Å². The van der Waals surface area contributed by atoms with Crippen LogP contribution in [0.15, 0.2) is 47.3 Å². The van der Waals surface area contributed by atoms with E-state index in [1.54, 1.807) is 18.2 Å². The van der Waals surface area contributed by atoms with Crippen molar-refractivity contribution in [3.8, 4) is 10.4 Å². The zero-order valence-corrected chi connectivity index (χ0v) is 15.2. The molecule has 0 spiro atoms. The van der Waals surface area contributed by atoms with Gasteiger partial charge in [-0.05, 0) is 23.8 Å². The number of halogens is 4. The Hall–Kier alpha value is -3.33. The number of hydrogen-bond donors (Lipinski definition) is 1. The zero-order valence-electron chi connectivity index (χ0n) is 14.4. The molecule has 4 aromatic rings. The third kappa shape index (κ3) is 3.68. The second kappa shape index (κ2) is 7.25. The molecular formula is C20H10F4N2O2S. The van der Waals surface area contributed by atoms with Crippen molar-refractivity contribution in [1.82, 2.24) is 9.97 Å². The number of aromatic nitrogens is 2. The van der Waals surface area contributed by atoms with Crippen molar-refractivity contribution in [1.29, 1.82) is 0 Å². The lowest BCUT2D eigenvalue weighted by Crippen LogP contribution is -2.16. The van der Waals surface area contributed by atoms with E-state index in [9.17, 15) is 27.2 Å². The fourth-order valence-electron chi connectivity index (χ4n) is 2.88. The second-order valence-electron chi connectivity index (χ2n) is 6.19. The lowest BCUT2D eigenvalue weighted by atomic mass is 10.1. The molecule has 0 aliphatic carbocycles. The highest BCUT2D eigenvalue weighted by Crippen LogP contribution is 2.31. The van der Waals surface area contributed by atoms with E-state index in [4.69, 9.17) is 0 Å². The number of H-pyrrole nitrogens is 1. The predicted molar refractivity (Wildman–Crippen MR) is 100.0 cm³/mol. The molecule has 0 amide bonds. The summed E-state index contributed by atoms with van der Waals surface area (Å²) < 4.78 is 54.0. The van der Waals surface area contributed by atoms with Crippen LogP contribution in [-0.2, 0) is 6.42 Å². The molecule has 2 heterocycles. The van der Waals surface area contributed by atoms with Crippen LogP contribution in [0.3, 0.4) is 0 Å². The predicted octanol–water partition coefficient (Wildman–Crippen LogP) is 4.63. The molecule has 2 aromatic heterocycles. The van der Waals surface area contributed by atoms with Crippen molar-refractivity contribution < 1.29 is 22.4 Å². The Kier molecular flexibility index (Phi) is 4.75. The topological polar surface area (TPSA) is 62.8 Å². The standard InChI is InChI=1S/C20H10F4N2O2S/c21-10-3-1-9(2-4-10)16-7-14-19(29-16)20(28)26-17(25-14)8-15(27)18-12(23)5-11(22)6-13(18)24/h1-7H,8H2,(H,25,26,28). The molecule has 0 bridgehead atoms. The summed E-state index contributed by atoms with van der Waals surface area (Å²) in [5.74, 6) is -5.27. The number of ketones is 1. The Morgan fingerprint density at radius 1 is 0.966 bits per heavy atom. The maximum absolute atomic E-state index is 13.8. The number of Topliss-reactive ketones (excluding diaryl/α,β-unsaturated/α-hetero) is 1. The Morgan fingerprint density at radius 3 is 2.28 bits per heavy atom. The van der Waals surface area contributed by atoms with E-state index in [1.165, 1.54) is 12.1 Å². The molecule has 9 heteroatoms. The first-order valence-corrected chi connectivity index (χ1v) is 9.10. The van der Waals surface area contributed by atoms with Crippen molar-refractivity contribution in [3.63, 3.8) is 0 Å². The first kappa shape index (κ1) is 19.0. The highest BCUT2D eigenvalue weighted by Gasteiger charge is 2.21. The smallest absolute Gasteiger partial charge is 0.268 e. The number of thiophene rings is 1. The SMILES string of the molecule is O=C(Cc1nc2cc(-c3ccc(F)cc3)sc2c(=O)[nH]1)c1c(F)cc(F)cc1F. The van der Waals surface area contributed by atoms with E-state index >= 15 is 0 Å². The van der Waals surface area contributed by atoms with Gasteiger partial charge in [0.1, 0.15) is 33.8 Å². The molecule has 0 radical (unpaired) electrons. The summed E-state index contributed by atoms with van der Waals surface area (Å²) in [5, 5.41) is 0. The molecule has 0 unspecified atom stereocenters. The van der Waals surface area contributed by atoms with Crippen LogP contribution in [0.25, 0.3) is 20.7 Å². The molecule has 0 fully saturated rings. The highest BCUT2D eigenvalue weighted by molar-refractivity contribution is 7.22. The summed E-state index contributed by atoms with van der Waals surface area (Å²) in [6.07, 6.45) is -0.577. The fraction of sp³-hybridized carbons (Fsp3) is 0.0500. The van der Waals surface area contributed by atoms with Gasteiger partial charge in [-0.25, -0.2) is 22.5 Å². The van der Waals surface area contributed by atoms with Gasteiger partial charge in [-0.1, -0.05) is 12.1 Å². The molecule has 0 aliphatic heterocycles. The number of carbonyl (C=O) groups excluding carboxylic acids is 1. The number of nitrogens with one attached hydrogen (secondary N) is 1. The third-order valence-corrected chi connectivity index (χ3v) is 5.35. The van der Waals surface area contributed by atoms with Gasteiger partial charge in [-0.15, -0.1) is 11.3 Å². The molecule has 0 saturated carbocycles. The molecule has 0 atom stereocenters. The van der Waals surface area contributed by atoms with E-state index in [0.29, 0.717) is 32.8 Å².